The number of aliphatic carboxylic acids is 1. The lowest BCUT2D eigenvalue weighted by Crippen LogP contribution is -2.62. The minimum absolute atomic E-state index is 0.498. The van der Waals surface area contributed by atoms with Crippen LogP contribution in [0.2, 0.25) is 0 Å². The Balaban J connectivity index is 2.99. The molecule has 0 aliphatic carbocycles. The summed E-state index contributed by atoms with van der Waals surface area (Å²) in [5.41, 5.74) is 4.13. The van der Waals surface area contributed by atoms with Crippen LogP contribution >= 0.6 is 0 Å². The Kier molecular flexibility index (Phi) is 3.65. The molecule has 0 saturated heterocycles. The van der Waals surface area contributed by atoms with Gasteiger partial charge in [0.2, 0.25) is 0 Å². The molecule has 5 nitrogen and oxygen atoms in total. The van der Waals surface area contributed by atoms with Crippen LogP contribution in [0.4, 0.5) is 0 Å². The maximum atomic E-state index is 10.5. The summed E-state index contributed by atoms with van der Waals surface area (Å²) in [5.74, 6) is -1.04. The van der Waals surface area contributed by atoms with E-state index in [0.29, 0.717) is 11.3 Å². The van der Waals surface area contributed by atoms with Gasteiger partial charge in [-0.2, -0.15) is 0 Å². The lowest BCUT2D eigenvalue weighted by molar-refractivity contribution is -0.448. The van der Waals surface area contributed by atoms with Crippen LogP contribution in [-0.2, 0) is 4.79 Å². The van der Waals surface area contributed by atoms with Gasteiger partial charge in [-0.05, 0) is 12.1 Å². The van der Waals surface area contributed by atoms with Gasteiger partial charge < -0.3 is 25.5 Å². The topological polar surface area (TPSA) is 97.2 Å². The standard InChI is InChI=1S/C10H13NO4/c1-15-7-5-3-2-4-6(7)8(11)9(12)10(13)14/h2-5,8-9,12H,11H2,1H3,(H,13,14)/t8-,9-/m1/s1. The molecule has 5 heteroatoms. The number of ether oxygens (including phenoxy) is 1. The molecule has 0 unspecified atom stereocenters. The van der Waals surface area contributed by atoms with E-state index in [0.717, 1.165) is 0 Å². The van der Waals surface area contributed by atoms with Crippen LogP contribution in [0.15, 0.2) is 24.3 Å². The summed E-state index contributed by atoms with van der Waals surface area (Å²) in [5, 5.41) is 19.8. The van der Waals surface area contributed by atoms with Gasteiger partial charge in [0.05, 0.1) is 18.6 Å². The highest BCUT2D eigenvalue weighted by Crippen LogP contribution is 2.23. The van der Waals surface area contributed by atoms with Crippen LogP contribution in [0.25, 0.3) is 0 Å². The zero-order valence-electron chi connectivity index (χ0n) is 8.34. The molecule has 82 valence electrons. The Hall–Kier alpha value is -1.59. The summed E-state index contributed by atoms with van der Waals surface area (Å²) in [6, 6.07) is 5.99. The summed E-state index contributed by atoms with van der Waals surface area (Å²) in [6.45, 7) is 0. The average Bonchev–Trinajstić information content (AvgIpc) is 2.26. The number of rotatable bonds is 4. The molecular formula is C10H13NO4. The van der Waals surface area contributed by atoms with Crippen LogP contribution in [0, 0.1) is 0 Å². The maximum Gasteiger partial charge on any atom is 0.149 e. The van der Waals surface area contributed by atoms with Gasteiger partial charge in [-0.15, -0.1) is 0 Å². The molecule has 0 bridgehead atoms. The fraction of sp³-hybridized carbons (Fsp3) is 0.300. The Morgan fingerprint density at radius 3 is 2.67 bits per heavy atom. The van der Waals surface area contributed by atoms with E-state index in [4.69, 9.17) is 4.74 Å². The first-order chi connectivity index (χ1) is 7.07. The predicted molar refractivity (Wildman–Crippen MR) is 49.6 cm³/mol. The molecular weight excluding hydrogens is 198 g/mol. The van der Waals surface area contributed by atoms with Gasteiger partial charge in [-0.25, -0.2) is 0 Å². The molecule has 4 N–H and O–H groups in total. The van der Waals surface area contributed by atoms with Crippen LogP contribution < -0.4 is 15.6 Å². The first-order valence-corrected chi connectivity index (χ1v) is 4.43. The molecule has 0 aliphatic rings. The van der Waals surface area contributed by atoms with E-state index >= 15 is 0 Å². The Labute approximate surface area is 87.1 Å². The highest BCUT2D eigenvalue weighted by molar-refractivity contribution is 5.71. The van der Waals surface area contributed by atoms with Crippen molar-refractivity contribution in [1.29, 1.82) is 0 Å². The zero-order valence-corrected chi connectivity index (χ0v) is 8.34. The van der Waals surface area contributed by atoms with Crippen LogP contribution in [0.3, 0.4) is 0 Å². The maximum absolute atomic E-state index is 10.5. The van der Waals surface area contributed by atoms with Gasteiger partial charge in [0.1, 0.15) is 17.9 Å². The number of carboxylic acids is 1. The molecule has 0 fully saturated rings. The third-order valence-corrected chi connectivity index (χ3v) is 2.16. The third kappa shape index (κ3) is 2.45. The number of hydrogen-bond acceptors (Lipinski definition) is 4. The molecule has 1 aromatic rings. The van der Waals surface area contributed by atoms with Crippen molar-refractivity contribution in [1.82, 2.24) is 0 Å². The molecule has 0 aliphatic heterocycles. The van der Waals surface area contributed by atoms with Crippen molar-refractivity contribution in [3.05, 3.63) is 29.8 Å². The number of carboxylic acid groups (broad SMARTS) is 1. The number of carbonyl (C=O) groups is 1. The van der Waals surface area contributed by atoms with Crippen LogP contribution in [0.1, 0.15) is 11.6 Å². The number of hydrogen-bond donors (Lipinski definition) is 2. The average molecular weight is 211 g/mol. The van der Waals surface area contributed by atoms with Gasteiger partial charge in [0.25, 0.3) is 0 Å². The van der Waals surface area contributed by atoms with E-state index < -0.39 is 18.1 Å². The van der Waals surface area contributed by atoms with E-state index in [-0.39, 0.29) is 0 Å². The van der Waals surface area contributed by atoms with E-state index in [1.807, 2.05) is 0 Å². The number of aliphatic hydroxyl groups is 1. The molecule has 0 spiro atoms. The Morgan fingerprint density at radius 1 is 1.53 bits per heavy atom. The van der Waals surface area contributed by atoms with Gasteiger partial charge in [0.15, 0.2) is 0 Å². The van der Waals surface area contributed by atoms with Crippen molar-refractivity contribution < 1.29 is 25.5 Å². The second kappa shape index (κ2) is 4.77. The van der Waals surface area contributed by atoms with Crippen LogP contribution in [0.5, 0.6) is 5.75 Å². The lowest BCUT2D eigenvalue weighted by Gasteiger charge is -2.18. The molecule has 0 radical (unpaired) electrons. The SMILES string of the molecule is COc1ccccc1[C@@H]([NH3+])[C@@H](O)C(=O)[O-]. The van der Waals surface area contributed by atoms with Crippen LogP contribution in [-0.4, -0.2) is 24.3 Å². The van der Waals surface area contributed by atoms with Gasteiger partial charge >= 0.3 is 0 Å². The molecule has 0 amide bonds. The number of benzene rings is 1. The summed E-state index contributed by atoms with van der Waals surface area (Å²) < 4.78 is 5.03. The van der Waals surface area contributed by atoms with Crippen molar-refractivity contribution in [2.75, 3.05) is 7.11 Å². The zero-order chi connectivity index (χ0) is 11.4. The summed E-state index contributed by atoms with van der Waals surface area (Å²) >= 11 is 0. The molecule has 1 rings (SSSR count). The number of aliphatic hydroxyl groups excluding tert-OH is 1. The normalized spacial score (nSPS) is 14.3. The van der Waals surface area contributed by atoms with Crippen molar-refractivity contribution in [3.8, 4) is 5.75 Å². The number of carbonyl (C=O) groups excluding carboxylic acids is 1. The molecule has 0 aromatic heterocycles. The highest BCUT2D eigenvalue weighted by Gasteiger charge is 2.24. The minimum atomic E-state index is -1.64. The molecule has 2 atom stereocenters. The van der Waals surface area contributed by atoms with Crippen molar-refractivity contribution >= 4 is 5.97 Å². The Bertz CT molecular complexity index is 353. The Morgan fingerprint density at radius 2 is 2.13 bits per heavy atom. The molecule has 15 heavy (non-hydrogen) atoms. The van der Waals surface area contributed by atoms with Gasteiger partial charge in [0, 0.05) is 0 Å². The first-order valence-electron chi connectivity index (χ1n) is 4.43. The number of quaternary nitrogens is 1. The minimum Gasteiger partial charge on any atom is -0.547 e. The smallest absolute Gasteiger partial charge is 0.149 e. The number of methoxy groups -OCH3 is 1. The van der Waals surface area contributed by atoms with Crippen molar-refractivity contribution in [3.63, 3.8) is 0 Å². The quantitative estimate of drug-likeness (QED) is 0.607. The molecule has 1 aromatic carbocycles. The lowest BCUT2D eigenvalue weighted by atomic mass is 10.0. The van der Waals surface area contributed by atoms with E-state index in [1.165, 1.54) is 7.11 Å². The van der Waals surface area contributed by atoms with E-state index in [2.05, 4.69) is 5.73 Å². The number of para-hydroxylation sites is 1. The van der Waals surface area contributed by atoms with Gasteiger partial charge in [-0.3, -0.25) is 0 Å². The predicted octanol–water partition coefficient (Wildman–Crippen LogP) is -1.91. The summed E-state index contributed by atoms with van der Waals surface area (Å²) in [6.07, 6.45) is -1.64. The second-order valence-corrected chi connectivity index (χ2v) is 3.11. The largest absolute Gasteiger partial charge is 0.547 e. The highest BCUT2D eigenvalue weighted by atomic mass is 16.5. The fourth-order valence-electron chi connectivity index (χ4n) is 1.31. The van der Waals surface area contributed by atoms with Crippen molar-refractivity contribution in [2.24, 2.45) is 0 Å². The van der Waals surface area contributed by atoms with E-state index in [9.17, 15) is 15.0 Å². The van der Waals surface area contributed by atoms with Crippen molar-refractivity contribution in [2.45, 2.75) is 12.1 Å². The second-order valence-electron chi connectivity index (χ2n) is 3.11. The van der Waals surface area contributed by atoms with Gasteiger partial charge in [-0.1, -0.05) is 12.1 Å². The summed E-state index contributed by atoms with van der Waals surface area (Å²) in [4.78, 5) is 10.5. The summed E-state index contributed by atoms with van der Waals surface area (Å²) in [7, 11) is 1.47. The molecule has 0 heterocycles. The monoisotopic (exact) mass is 211 g/mol. The third-order valence-electron chi connectivity index (χ3n) is 2.16. The van der Waals surface area contributed by atoms with E-state index in [1.54, 1.807) is 24.3 Å². The fourth-order valence-corrected chi connectivity index (χ4v) is 1.31. The molecule has 0 saturated carbocycles. The first kappa shape index (κ1) is 11.5.